The Morgan fingerprint density at radius 3 is 2.74 bits per heavy atom. The van der Waals surface area contributed by atoms with Crippen LogP contribution < -0.4 is 5.32 Å². The van der Waals surface area contributed by atoms with E-state index in [-0.39, 0.29) is 30.0 Å². The van der Waals surface area contributed by atoms with Gasteiger partial charge in [0, 0.05) is 18.6 Å². The average Bonchev–Trinajstić information content (AvgIpc) is 2.95. The summed E-state index contributed by atoms with van der Waals surface area (Å²) in [6.07, 6.45) is 4.69. The molecular weight excluding hydrogens is 244 g/mol. The molecule has 0 aliphatic carbocycles. The second-order valence-corrected chi connectivity index (χ2v) is 5.75. The summed E-state index contributed by atoms with van der Waals surface area (Å²) in [5.41, 5.74) is 0. The maximum Gasteiger partial charge on any atom is 0.308 e. The van der Waals surface area contributed by atoms with Crippen LogP contribution in [0.1, 0.15) is 46.0 Å². The van der Waals surface area contributed by atoms with E-state index >= 15 is 0 Å². The van der Waals surface area contributed by atoms with Crippen molar-refractivity contribution in [2.75, 3.05) is 6.54 Å². The van der Waals surface area contributed by atoms with Gasteiger partial charge in [-0.2, -0.15) is 0 Å². The molecule has 0 radical (unpaired) electrons. The van der Waals surface area contributed by atoms with Crippen LogP contribution in [-0.2, 0) is 9.59 Å². The Bertz CT molecular complexity index is 359. The van der Waals surface area contributed by atoms with Gasteiger partial charge in [0.05, 0.1) is 12.0 Å². The first-order chi connectivity index (χ1) is 9.06. The molecule has 0 aromatic heterocycles. The molecule has 2 heterocycles. The van der Waals surface area contributed by atoms with Gasteiger partial charge in [-0.1, -0.05) is 13.3 Å². The Hall–Kier alpha value is -1.10. The highest BCUT2D eigenvalue weighted by Crippen LogP contribution is 2.43. The van der Waals surface area contributed by atoms with Crippen molar-refractivity contribution in [2.45, 2.75) is 64.1 Å². The van der Waals surface area contributed by atoms with E-state index in [1.54, 1.807) is 0 Å². The number of rotatable bonds is 6. The normalized spacial score (nSPS) is 31.4. The summed E-state index contributed by atoms with van der Waals surface area (Å²) in [7, 11) is 0. The minimum absolute atomic E-state index is 0.0383. The third kappa shape index (κ3) is 2.76. The van der Waals surface area contributed by atoms with Crippen molar-refractivity contribution in [1.82, 2.24) is 10.2 Å². The molecule has 0 aromatic rings. The molecule has 5 nitrogen and oxygen atoms in total. The summed E-state index contributed by atoms with van der Waals surface area (Å²) in [5.74, 6) is -0.961. The van der Waals surface area contributed by atoms with E-state index in [0.717, 1.165) is 25.7 Å². The first kappa shape index (κ1) is 14.3. The van der Waals surface area contributed by atoms with Crippen molar-refractivity contribution < 1.29 is 14.7 Å². The number of carbonyl (C=O) groups excluding carboxylic acids is 1. The van der Waals surface area contributed by atoms with Gasteiger partial charge in [0.2, 0.25) is 5.91 Å². The average molecular weight is 268 g/mol. The van der Waals surface area contributed by atoms with Gasteiger partial charge in [0.15, 0.2) is 0 Å². The number of hydrogen-bond acceptors (Lipinski definition) is 3. The number of unbranched alkanes of at least 4 members (excludes halogenated alkanes) is 1. The number of amides is 1. The van der Waals surface area contributed by atoms with E-state index in [2.05, 4.69) is 17.1 Å². The zero-order chi connectivity index (χ0) is 14.0. The van der Waals surface area contributed by atoms with E-state index < -0.39 is 5.97 Å². The number of aliphatic carboxylic acids is 1. The predicted molar refractivity (Wildman–Crippen MR) is 71.8 cm³/mol. The van der Waals surface area contributed by atoms with Gasteiger partial charge in [-0.15, -0.1) is 0 Å². The second kappa shape index (κ2) is 5.90. The van der Waals surface area contributed by atoms with E-state index in [1.807, 2.05) is 6.92 Å². The molecular formula is C14H24N2O3. The molecule has 2 bridgehead atoms. The molecule has 0 aromatic carbocycles. The van der Waals surface area contributed by atoms with Gasteiger partial charge >= 0.3 is 5.97 Å². The molecule has 0 spiro atoms. The topological polar surface area (TPSA) is 69.6 Å². The molecule has 1 amide bonds. The van der Waals surface area contributed by atoms with Crippen LogP contribution in [0.4, 0.5) is 0 Å². The van der Waals surface area contributed by atoms with Crippen molar-refractivity contribution in [3.63, 3.8) is 0 Å². The molecule has 5 heteroatoms. The van der Waals surface area contributed by atoms with Crippen molar-refractivity contribution >= 4 is 11.9 Å². The predicted octanol–water partition coefficient (Wildman–Crippen LogP) is 1.23. The summed E-state index contributed by atoms with van der Waals surface area (Å²) in [5, 5.41) is 12.2. The molecule has 2 aliphatic rings. The van der Waals surface area contributed by atoms with Crippen LogP contribution in [-0.4, -0.2) is 46.6 Å². The number of carbonyl (C=O) groups is 2. The lowest BCUT2D eigenvalue weighted by atomic mass is 9.89. The van der Waals surface area contributed by atoms with Crippen LogP contribution in [0.3, 0.4) is 0 Å². The largest absolute Gasteiger partial charge is 0.481 e. The Balaban J connectivity index is 1.94. The van der Waals surface area contributed by atoms with Crippen LogP contribution in [0.15, 0.2) is 0 Å². The quantitative estimate of drug-likeness (QED) is 0.711. The maximum atomic E-state index is 12.1. The minimum Gasteiger partial charge on any atom is -0.481 e. The van der Waals surface area contributed by atoms with Gasteiger partial charge in [-0.05, 0) is 32.6 Å². The molecule has 2 saturated heterocycles. The zero-order valence-corrected chi connectivity index (χ0v) is 11.8. The van der Waals surface area contributed by atoms with E-state index in [4.69, 9.17) is 0 Å². The fourth-order valence-corrected chi connectivity index (χ4v) is 3.57. The summed E-state index contributed by atoms with van der Waals surface area (Å²) in [6, 6.07) is 0.117. The summed E-state index contributed by atoms with van der Waals surface area (Å²) >= 11 is 0. The number of fused-ring (bicyclic) bond motifs is 2. The number of nitrogens with one attached hydrogen (secondary N) is 1. The third-order valence-corrected chi connectivity index (χ3v) is 4.56. The molecule has 0 saturated carbocycles. The standard InChI is InChI=1S/C14H24N2O3/c1-3-4-7-15-13(17)9(2)16-10-5-6-12(16)11(8-10)14(18)19/h9-12H,3-8H2,1-2H3,(H,15,17)(H,18,19). The van der Waals surface area contributed by atoms with Crippen molar-refractivity contribution in [2.24, 2.45) is 5.92 Å². The van der Waals surface area contributed by atoms with Gasteiger partial charge in [0.1, 0.15) is 0 Å². The summed E-state index contributed by atoms with van der Waals surface area (Å²) in [4.78, 5) is 25.5. The molecule has 4 atom stereocenters. The lowest BCUT2D eigenvalue weighted by molar-refractivity contribution is -0.143. The van der Waals surface area contributed by atoms with Crippen LogP contribution in [0.25, 0.3) is 0 Å². The second-order valence-electron chi connectivity index (χ2n) is 5.75. The lowest BCUT2D eigenvalue weighted by Crippen LogP contribution is -2.48. The van der Waals surface area contributed by atoms with Gasteiger partial charge in [-0.25, -0.2) is 0 Å². The summed E-state index contributed by atoms with van der Waals surface area (Å²) in [6.45, 7) is 4.70. The molecule has 2 N–H and O–H groups in total. The van der Waals surface area contributed by atoms with Crippen LogP contribution in [0, 0.1) is 5.92 Å². The Morgan fingerprint density at radius 2 is 2.16 bits per heavy atom. The van der Waals surface area contributed by atoms with Crippen molar-refractivity contribution in [1.29, 1.82) is 0 Å². The number of carboxylic acids is 1. The van der Waals surface area contributed by atoms with E-state index in [0.29, 0.717) is 13.0 Å². The first-order valence-electron chi connectivity index (χ1n) is 7.34. The Morgan fingerprint density at radius 1 is 1.42 bits per heavy atom. The fraction of sp³-hybridized carbons (Fsp3) is 0.857. The van der Waals surface area contributed by atoms with Crippen LogP contribution in [0.5, 0.6) is 0 Å². The fourth-order valence-electron chi connectivity index (χ4n) is 3.57. The number of nitrogens with zero attached hydrogens (tertiary/aromatic N) is 1. The lowest BCUT2D eigenvalue weighted by Gasteiger charge is -2.28. The highest BCUT2D eigenvalue weighted by Gasteiger charge is 2.51. The molecule has 2 rings (SSSR count). The van der Waals surface area contributed by atoms with Gasteiger partial charge in [0.25, 0.3) is 0 Å². The van der Waals surface area contributed by atoms with Gasteiger partial charge in [-0.3, -0.25) is 14.5 Å². The Kier molecular flexibility index (Phi) is 4.45. The Labute approximate surface area is 114 Å². The first-order valence-corrected chi connectivity index (χ1v) is 7.34. The van der Waals surface area contributed by atoms with E-state index in [1.165, 1.54) is 0 Å². The maximum absolute atomic E-state index is 12.1. The van der Waals surface area contributed by atoms with Crippen LogP contribution >= 0.6 is 0 Å². The monoisotopic (exact) mass is 268 g/mol. The highest BCUT2D eigenvalue weighted by atomic mass is 16.4. The van der Waals surface area contributed by atoms with Crippen molar-refractivity contribution in [3.8, 4) is 0 Å². The van der Waals surface area contributed by atoms with Crippen molar-refractivity contribution in [3.05, 3.63) is 0 Å². The zero-order valence-electron chi connectivity index (χ0n) is 11.8. The smallest absolute Gasteiger partial charge is 0.308 e. The van der Waals surface area contributed by atoms with Gasteiger partial charge < -0.3 is 10.4 Å². The molecule has 2 aliphatic heterocycles. The number of hydrogen-bond donors (Lipinski definition) is 2. The number of carboxylic acid groups (broad SMARTS) is 1. The highest BCUT2D eigenvalue weighted by molar-refractivity contribution is 5.82. The molecule has 19 heavy (non-hydrogen) atoms. The minimum atomic E-state index is -0.712. The van der Waals surface area contributed by atoms with Crippen LogP contribution in [0.2, 0.25) is 0 Å². The SMILES string of the molecule is CCCCNC(=O)C(C)N1C2CCC1C(C(=O)O)C2. The molecule has 4 unspecified atom stereocenters. The summed E-state index contributed by atoms with van der Waals surface area (Å²) < 4.78 is 0. The van der Waals surface area contributed by atoms with E-state index in [9.17, 15) is 14.7 Å². The molecule has 2 fully saturated rings. The third-order valence-electron chi connectivity index (χ3n) is 4.56. The molecule has 108 valence electrons.